The second-order valence-electron chi connectivity index (χ2n) is 5.46. The van der Waals surface area contributed by atoms with Crippen LogP contribution < -0.4 is 5.32 Å². The topological polar surface area (TPSA) is 37.8 Å². The van der Waals surface area contributed by atoms with Crippen LogP contribution in [0.15, 0.2) is 24.3 Å². The van der Waals surface area contributed by atoms with Gasteiger partial charge in [-0.05, 0) is 13.3 Å². The quantitative estimate of drug-likeness (QED) is 0.928. The molecule has 0 unspecified atom stereocenters. The molecule has 104 valence electrons. The van der Waals surface area contributed by atoms with E-state index in [2.05, 4.69) is 43.4 Å². The van der Waals surface area contributed by atoms with E-state index in [1.54, 1.807) is 0 Å². The lowest BCUT2D eigenvalue weighted by Gasteiger charge is -2.20. The third-order valence-electron chi connectivity index (χ3n) is 3.82. The second kappa shape index (κ2) is 5.71. The van der Waals surface area contributed by atoms with Crippen molar-refractivity contribution in [1.82, 2.24) is 15.3 Å². The Labute approximate surface area is 120 Å². The van der Waals surface area contributed by atoms with Crippen LogP contribution in [-0.2, 0) is 19.4 Å². The monoisotopic (exact) mass is 267 g/mol. The molecule has 0 amide bonds. The molecule has 20 heavy (non-hydrogen) atoms. The Hall–Kier alpha value is -1.74. The summed E-state index contributed by atoms with van der Waals surface area (Å²) in [6, 6.07) is 8.49. The van der Waals surface area contributed by atoms with E-state index in [9.17, 15) is 0 Å². The normalized spacial score (nSPS) is 14.1. The maximum absolute atomic E-state index is 4.82. The number of aromatic nitrogens is 2. The average molecular weight is 267 g/mol. The minimum atomic E-state index is 0.883. The average Bonchev–Trinajstić information content (AvgIpc) is 2.48. The van der Waals surface area contributed by atoms with Crippen LogP contribution in [0.25, 0.3) is 11.4 Å². The molecule has 0 saturated carbocycles. The molecule has 2 aromatic rings. The molecular formula is C17H21N3. The lowest BCUT2D eigenvalue weighted by Crippen LogP contribution is -2.26. The summed E-state index contributed by atoms with van der Waals surface area (Å²) < 4.78 is 0. The molecule has 3 rings (SSSR count). The van der Waals surface area contributed by atoms with Crippen molar-refractivity contribution in [3.05, 3.63) is 46.8 Å². The van der Waals surface area contributed by atoms with Crippen molar-refractivity contribution in [2.24, 2.45) is 0 Å². The van der Waals surface area contributed by atoms with Gasteiger partial charge in [-0.2, -0.15) is 0 Å². The van der Waals surface area contributed by atoms with E-state index in [1.165, 1.54) is 22.5 Å². The van der Waals surface area contributed by atoms with E-state index in [0.717, 1.165) is 43.7 Å². The van der Waals surface area contributed by atoms with Crippen molar-refractivity contribution < 1.29 is 0 Å². The van der Waals surface area contributed by atoms with Gasteiger partial charge in [-0.25, -0.2) is 9.97 Å². The van der Waals surface area contributed by atoms with Crippen LogP contribution >= 0.6 is 0 Å². The van der Waals surface area contributed by atoms with Gasteiger partial charge in [-0.1, -0.05) is 43.2 Å². The molecule has 0 radical (unpaired) electrons. The number of hydrogen-bond donors (Lipinski definition) is 1. The van der Waals surface area contributed by atoms with Crippen LogP contribution in [0.1, 0.15) is 35.9 Å². The molecular weight excluding hydrogens is 246 g/mol. The molecule has 1 N–H and O–H groups in total. The standard InChI is InChI=1S/C17H21N3/c1-3-4-15-14-11-18-10-9-16(14)20-17(19-15)13-7-5-12(2)6-8-13/h5-8,18H,3-4,9-11H2,1-2H3. The molecule has 1 aliphatic heterocycles. The van der Waals surface area contributed by atoms with Crippen molar-refractivity contribution in [2.45, 2.75) is 39.7 Å². The predicted octanol–water partition coefficient (Wildman–Crippen LogP) is 3.05. The minimum Gasteiger partial charge on any atom is -0.312 e. The number of nitrogens with zero attached hydrogens (tertiary/aromatic N) is 2. The lowest BCUT2D eigenvalue weighted by molar-refractivity contribution is 0.615. The highest BCUT2D eigenvalue weighted by Gasteiger charge is 2.17. The number of hydrogen-bond acceptors (Lipinski definition) is 3. The Morgan fingerprint density at radius 2 is 1.95 bits per heavy atom. The van der Waals surface area contributed by atoms with Gasteiger partial charge in [0.25, 0.3) is 0 Å². The summed E-state index contributed by atoms with van der Waals surface area (Å²) in [5.41, 5.74) is 6.17. The van der Waals surface area contributed by atoms with Crippen LogP contribution in [0.2, 0.25) is 0 Å². The largest absolute Gasteiger partial charge is 0.312 e. The Morgan fingerprint density at radius 1 is 1.15 bits per heavy atom. The highest BCUT2D eigenvalue weighted by atomic mass is 14.9. The van der Waals surface area contributed by atoms with E-state index in [0.29, 0.717) is 0 Å². The van der Waals surface area contributed by atoms with Crippen LogP contribution in [0.4, 0.5) is 0 Å². The number of benzene rings is 1. The maximum atomic E-state index is 4.82. The first kappa shape index (κ1) is 13.3. The predicted molar refractivity (Wildman–Crippen MR) is 81.6 cm³/mol. The third-order valence-corrected chi connectivity index (χ3v) is 3.82. The van der Waals surface area contributed by atoms with Crippen molar-refractivity contribution in [1.29, 1.82) is 0 Å². The first-order valence-corrected chi connectivity index (χ1v) is 7.44. The zero-order valence-electron chi connectivity index (χ0n) is 12.2. The Morgan fingerprint density at radius 3 is 2.70 bits per heavy atom. The van der Waals surface area contributed by atoms with Crippen molar-refractivity contribution in [3.63, 3.8) is 0 Å². The fourth-order valence-electron chi connectivity index (χ4n) is 2.69. The summed E-state index contributed by atoms with van der Waals surface area (Å²) in [7, 11) is 0. The van der Waals surface area contributed by atoms with E-state index in [1.807, 2.05) is 0 Å². The molecule has 3 nitrogen and oxygen atoms in total. The highest BCUT2D eigenvalue weighted by Crippen LogP contribution is 2.22. The van der Waals surface area contributed by atoms with Crippen LogP contribution in [0.5, 0.6) is 0 Å². The second-order valence-corrected chi connectivity index (χ2v) is 5.46. The number of fused-ring (bicyclic) bond motifs is 1. The zero-order valence-corrected chi connectivity index (χ0v) is 12.2. The molecule has 1 aromatic heterocycles. The number of nitrogens with one attached hydrogen (secondary N) is 1. The summed E-state index contributed by atoms with van der Waals surface area (Å²) in [6.07, 6.45) is 3.16. The van der Waals surface area contributed by atoms with E-state index in [-0.39, 0.29) is 0 Å². The van der Waals surface area contributed by atoms with Crippen LogP contribution in [0.3, 0.4) is 0 Å². The smallest absolute Gasteiger partial charge is 0.159 e. The van der Waals surface area contributed by atoms with Crippen molar-refractivity contribution in [2.75, 3.05) is 6.54 Å². The van der Waals surface area contributed by atoms with Gasteiger partial charge in [0, 0.05) is 36.3 Å². The van der Waals surface area contributed by atoms with E-state index in [4.69, 9.17) is 9.97 Å². The first-order chi connectivity index (χ1) is 9.78. The lowest BCUT2D eigenvalue weighted by atomic mass is 10.0. The summed E-state index contributed by atoms with van der Waals surface area (Å²) in [5, 5.41) is 3.43. The zero-order chi connectivity index (χ0) is 13.9. The van der Waals surface area contributed by atoms with Crippen LogP contribution in [-0.4, -0.2) is 16.5 Å². The van der Waals surface area contributed by atoms with Gasteiger partial charge >= 0.3 is 0 Å². The molecule has 0 fully saturated rings. The van der Waals surface area contributed by atoms with E-state index < -0.39 is 0 Å². The van der Waals surface area contributed by atoms with Gasteiger partial charge in [0.15, 0.2) is 5.82 Å². The molecule has 2 heterocycles. The summed E-state index contributed by atoms with van der Waals surface area (Å²) >= 11 is 0. The van der Waals surface area contributed by atoms with Gasteiger partial charge in [-0.15, -0.1) is 0 Å². The minimum absolute atomic E-state index is 0.883. The van der Waals surface area contributed by atoms with Crippen molar-refractivity contribution >= 4 is 0 Å². The highest BCUT2D eigenvalue weighted by molar-refractivity contribution is 5.56. The van der Waals surface area contributed by atoms with Gasteiger partial charge in [0.05, 0.1) is 5.69 Å². The summed E-state index contributed by atoms with van der Waals surface area (Å²) in [5.74, 6) is 0.883. The fraction of sp³-hybridized carbons (Fsp3) is 0.412. The SMILES string of the molecule is CCCc1nc(-c2ccc(C)cc2)nc2c1CNCC2. The Bertz CT molecular complexity index is 602. The first-order valence-electron chi connectivity index (χ1n) is 7.44. The van der Waals surface area contributed by atoms with Crippen molar-refractivity contribution in [3.8, 4) is 11.4 Å². The molecule has 3 heteroatoms. The molecule has 0 bridgehead atoms. The maximum Gasteiger partial charge on any atom is 0.159 e. The third kappa shape index (κ3) is 2.59. The van der Waals surface area contributed by atoms with Gasteiger partial charge in [0.2, 0.25) is 0 Å². The summed E-state index contributed by atoms with van der Waals surface area (Å²) in [6.45, 7) is 6.24. The Kier molecular flexibility index (Phi) is 3.79. The molecule has 0 spiro atoms. The Balaban J connectivity index is 2.07. The van der Waals surface area contributed by atoms with Gasteiger partial charge in [-0.3, -0.25) is 0 Å². The molecule has 1 aromatic carbocycles. The van der Waals surface area contributed by atoms with E-state index >= 15 is 0 Å². The fourth-order valence-corrected chi connectivity index (χ4v) is 2.69. The van der Waals surface area contributed by atoms with Gasteiger partial charge < -0.3 is 5.32 Å². The molecule has 0 atom stereocenters. The van der Waals surface area contributed by atoms with Crippen LogP contribution in [0, 0.1) is 6.92 Å². The molecule has 0 aliphatic carbocycles. The molecule has 0 saturated heterocycles. The summed E-state index contributed by atoms with van der Waals surface area (Å²) in [4.78, 5) is 9.63. The number of aryl methyl sites for hydroxylation is 2. The molecule has 1 aliphatic rings. The number of rotatable bonds is 3. The van der Waals surface area contributed by atoms with Gasteiger partial charge in [0.1, 0.15) is 0 Å².